The fraction of sp³-hybridized carbons (Fsp3) is 0.571. The molecule has 110 valence electrons. The standard InChI is InChI=1S/C14H20N2O4/c1-2-11(14(19)20)16-9-13(18)12(17)7-10(16)8-15-5-3-4-6-15/h7,9,11,18H,2-6,8H2,1H3,(H,19,20). The number of aromatic hydroxyl groups is 1. The maximum atomic E-state index is 11.6. The predicted octanol–water partition coefficient (Wildman–Crippen LogP) is 1.19. The molecule has 0 amide bonds. The first-order chi connectivity index (χ1) is 9.52. The number of aromatic nitrogens is 1. The Morgan fingerprint density at radius 3 is 2.60 bits per heavy atom. The lowest BCUT2D eigenvalue weighted by atomic mass is 10.2. The smallest absolute Gasteiger partial charge is 0.326 e. The normalized spacial score (nSPS) is 17.2. The Balaban J connectivity index is 2.39. The lowest BCUT2D eigenvalue weighted by molar-refractivity contribution is -0.141. The monoisotopic (exact) mass is 280 g/mol. The molecule has 20 heavy (non-hydrogen) atoms. The number of rotatable bonds is 5. The van der Waals surface area contributed by atoms with Crippen LogP contribution in [0.3, 0.4) is 0 Å². The van der Waals surface area contributed by atoms with Crippen molar-refractivity contribution in [2.24, 2.45) is 0 Å². The lowest BCUT2D eigenvalue weighted by Crippen LogP contribution is -2.27. The van der Waals surface area contributed by atoms with E-state index in [-0.39, 0.29) is 0 Å². The van der Waals surface area contributed by atoms with Crippen molar-refractivity contribution in [2.45, 2.75) is 38.8 Å². The SMILES string of the molecule is CCC(C(=O)O)n1cc(O)c(=O)cc1CN1CCCC1. The summed E-state index contributed by atoms with van der Waals surface area (Å²) in [5.41, 5.74) is 0.180. The maximum Gasteiger partial charge on any atom is 0.326 e. The Labute approximate surface area is 117 Å². The van der Waals surface area contributed by atoms with Crippen LogP contribution in [0.2, 0.25) is 0 Å². The molecule has 0 aliphatic carbocycles. The van der Waals surface area contributed by atoms with Crippen LogP contribution < -0.4 is 5.43 Å². The number of nitrogens with zero attached hydrogens (tertiary/aromatic N) is 2. The molecular formula is C14H20N2O4. The zero-order valence-electron chi connectivity index (χ0n) is 11.6. The molecule has 1 aliphatic heterocycles. The average Bonchev–Trinajstić information content (AvgIpc) is 2.88. The summed E-state index contributed by atoms with van der Waals surface area (Å²) in [6.07, 6.45) is 3.89. The third-order valence-electron chi connectivity index (χ3n) is 3.74. The number of carboxylic acid groups (broad SMARTS) is 1. The van der Waals surface area contributed by atoms with Crippen LogP contribution in [-0.2, 0) is 11.3 Å². The number of carboxylic acids is 1. The van der Waals surface area contributed by atoms with E-state index in [1.54, 1.807) is 6.92 Å². The number of pyridine rings is 1. The highest BCUT2D eigenvalue weighted by molar-refractivity contribution is 5.72. The van der Waals surface area contributed by atoms with Gasteiger partial charge in [0.25, 0.3) is 0 Å². The van der Waals surface area contributed by atoms with Crippen LogP contribution >= 0.6 is 0 Å². The molecule has 1 unspecified atom stereocenters. The molecule has 2 N–H and O–H groups in total. The molecule has 6 nitrogen and oxygen atoms in total. The summed E-state index contributed by atoms with van der Waals surface area (Å²) in [6.45, 7) is 4.23. The fourth-order valence-electron chi connectivity index (χ4n) is 2.66. The van der Waals surface area contributed by atoms with Gasteiger partial charge in [-0.15, -0.1) is 0 Å². The van der Waals surface area contributed by atoms with Gasteiger partial charge in [-0.05, 0) is 32.4 Å². The van der Waals surface area contributed by atoms with Gasteiger partial charge in [-0.1, -0.05) is 6.92 Å². The van der Waals surface area contributed by atoms with Crippen molar-refractivity contribution in [3.05, 3.63) is 28.2 Å². The molecule has 1 fully saturated rings. The third kappa shape index (κ3) is 3.01. The van der Waals surface area contributed by atoms with Crippen molar-refractivity contribution < 1.29 is 15.0 Å². The summed E-state index contributed by atoms with van der Waals surface area (Å²) >= 11 is 0. The fourth-order valence-corrected chi connectivity index (χ4v) is 2.66. The average molecular weight is 280 g/mol. The van der Waals surface area contributed by atoms with E-state index in [0.717, 1.165) is 25.9 Å². The second-order valence-corrected chi connectivity index (χ2v) is 5.17. The third-order valence-corrected chi connectivity index (χ3v) is 3.74. The number of hydrogen-bond acceptors (Lipinski definition) is 4. The van der Waals surface area contributed by atoms with E-state index in [9.17, 15) is 19.8 Å². The van der Waals surface area contributed by atoms with Gasteiger partial charge in [0.05, 0.1) is 6.20 Å². The molecule has 1 atom stereocenters. The van der Waals surface area contributed by atoms with E-state index >= 15 is 0 Å². The lowest BCUT2D eigenvalue weighted by Gasteiger charge is -2.23. The van der Waals surface area contributed by atoms with Crippen molar-refractivity contribution in [3.63, 3.8) is 0 Å². The maximum absolute atomic E-state index is 11.6. The predicted molar refractivity (Wildman–Crippen MR) is 73.8 cm³/mol. The molecule has 1 aromatic heterocycles. The molecule has 0 aromatic carbocycles. The van der Waals surface area contributed by atoms with Crippen LogP contribution in [0, 0.1) is 0 Å². The molecule has 1 aliphatic rings. The van der Waals surface area contributed by atoms with Crippen LogP contribution in [0.25, 0.3) is 0 Å². The molecule has 1 saturated heterocycles. The zero-order chi connectivity index (χ0) is 14.7. The van der Waals surface area contributed by atoms with Gasteiger partial charge in [-0.3, -0.25) is 9.69 Å². The summed E-state index contributed by atoms with van der Waals surface area (Å²) in [4.78, 5) is 25.1. The van der Waals surface area contributed by atoms with Crippen molar-refractivity contribution in [3.8, 4) is 5.75 Å². The molecule has 2 heterocycles. The Hall–Kier alpha value is -1.82. The topological polar surface area (TPSA) is 82.8 Å². The van der Waals surface area contributed by atoms with Gasteiger partial charge in [0.2, 0.25) is 5.43 Å². The van der Waals surface area contributed by atoms with E-state index in [2.05, 4.69) is 4.90 Å². The summed E-state index contributed by atoms with van der Waals surface area (Å²) < 4.78 is 1.51. The molecule has 0 radical (unpaired) electrons. The number of aliphatic carboxylic acids is 1. The van der Waals surface area contributed by atoms with Crippen LogP contribution in [0.15, 0.2) is 17.1 Å². The molecule has 6 heteroatoms. The zero-order valence-corrected chi connectivity index (χ0v) is 11.6. The minimum Gasteiger partial charge on any atom is -0.503 e. The molecular weight excluding hydrogens is 260 g/mol. The first-order valence-corrected chi connectivity index (χ1v) is 6.92. The summed E-state index contributed by atoms with van der Waals surface area (Å²) in [6, 6.07) is 0.582. The number of hydrogen-bond donors (Lipinski definition) is 2. The van der Waals surface area contributed by atoms with Crippen LogP contribution in [0.5, 0.6) is 5.75 Å². The van der Waals surface area contributed by atoms with Gasteiger partial charge >= 0.3 is 5.97 Å². The minimum atomic E-state index is -0.960. The van der Waals surface area contributed by atoms with Gasteiger partial charge in [0.15, 0.2) is 5.75 Å². The number of likely N-dealkylation sites (tertiary alicyclic amines) is 1. The van der Waals surface area contributed by atoms with E-state index in [1.807, 2.05) is 0 Å². The second kappa shape index (κ2) is 6.09. The van der Waals surface area contributed by atoms with E-state index in [1.165, 1.54) is 16.8 Å². The quantitative estimate of drug-likeness (QED) is 0.846. The van der Waals surface area contributed by atoms with Gasteiger partial charge in [0, 0.05) is 18.3 Å². The molecule has 1 aromatic rings. The van der Waals surface area contributed by atoms with Gasteiger partial charge in [-0.2, -0.15) is 0 Å². The van der Waals surface area contributed by atoms with Crippen molar-refractivity contribution in [1.82, 2.24) is 9.47 Å². The van der Waals surface area contributed by atoms with Crippen molar-refractivity contribution in [2.75, 3.05) is 13.1 Å². The highest BCUT2D eigenvalue weighted by Crippen LogP contribution is 2.19. The number of carbonyl (C=O) groups is 1. The largest absolute Gasteiger partial charge is 0.503 e. The Morgan fingerprint density at radius 2 is 2.05 bits per heavy atom. The second-order valence-electron chi connectivity index (χ2n) is 5.17. The summed E-state index contributed by atoms with van der Waals surface area (Å²) in [7, 11) is 0. The van der Waals surface area contributed by atoms with Gasteiger partial charge < -0.3 is 14.8 Å². The minimum absolute atomic E-state index is 0.393. The molecule has 0 saturated carbocycles. The van der Waals surface area contributed by atoms with Gasteiger partial charge in [0.1, 0.15) is 6.04 Å². The van der Waals surface area contributed by atoms with Crippen molar-refractivity contribution in [1.29, 1.82) is 0 Å². The Bertz CT molecular complexity index is 547. The highest BCUT2D eigenvalue weighted by atomic mass is 16.4. The molecule has 0 spiro atoms. The van der Waals surface area contributed by atoms with Crippen LogP contribution in [0.1, 0.15) is 37.9 Å². The summed E-state index contributed by atoms with van der Waals surface area (Å²) in [5.74, 6) is -1.37. The van der Waals surface area contributed by atoms with Crippen molar-refractivity contribution >= 4 is 5.97 Å². The van der Waals surface area contributed by atoms with E-state index < -0.39 is 23.2 Å². The van der Waals surface area contributed by atoms with Crippen LogP contribution in [-0.4, -0.2) is 38.7 Å². The first-order valence-electron chi connectivity index (χ1n) is 6.92. The van der Waals surface area contributed by atoms with Crippen LogP contribution in [0.4, 0.5) is 0 Å². The Morgan fingerprint density at radius 1 is 1.40 bits per heavy atom. The highest BCUT2D eigenvalue weighted by Gasteiger charge is 2.22. The molecule has 0 bridgehead atoms. The first kappa shape index (κ1) is 14.6. The van der Waals surface area contributed by atoms with E-state index in [0.29, 0.717) is 18.7 Å². The van der Waals surface area contributed by atoms with E-state index in [4.69, 9.17) is 0 Å². The van der Waals surface area contributed by atoms with Gasteiger partial charge in [-0.25, -0.2) is 4.79 Å². The summed E-state index contributed by atoms with van der Waals surface area (Å²) in [5, 5.41) is 18.8. The molecule has 2 rings (SSSR count). The Kier molecular flexibility index (Phi) is 4.44.